The van der Waals surface area contributed by atoms with Crippen molar-refractivity contribution in [1.29, 1.82) is 0 Å². The number of nitrogens with one attached hydrogen (secondary N) is 2. The van der Waals surface area contributed by atoms with E-state index in [-0.39, 0.29) is 11.9 Å². The predicted molar refractivity (Wildman–Crippen MR) is 102 cm³/mol. The Labute approximate surface area is 154 Å². The van der Waals surface area contributed by atoms with Gasteiger partial charge in [0.25, 0.3) is 0 Å². The molecule has 1 fully saturated rings. The molecule has 1 atom stereocenters. The molecule has 1 unspecified atom stereocenters. The average Bonchev–Trinajstić information content (AvgIpc) is 3.36. The third kappa shape index (κ3) is 4.41. The van der Waals surface area contributed by atoms with Gasteiger partial charge in [-0.3, -0.25) is 9.79 Å². The first-order valence-corrected chi connectivity index (χ1v) is 9.03. The van der Waals surface area contributed by atoms with Crippen molar-refractivity contribution in [2.24, 2.45) is 4.99 Å². The molecule has 0 radical (unpaired) electrons. The molecular formula is C19H26N6O. The van der Waals surface area contributed by atoms with Crippen LogP contribution < -0.4 is 10.6 Å². The van der Waals surface area contributed by atoms with Gasteiger partial charge < -0.3 is 15.5 Å². The zero-order valence-electron chi connectivity index (χ0n) is 15.4. The standard InChI is InChI=1S/C19H26N6O/c1-3-18(26)24-11-8-16(14-24)23-19(20-2)21-13-15-6-4-7-17(12-15)25-10-5-9-22-25/h4-7,9-10,12,16H,3,8,11,13-14H2,1-2H3,(H2,20,21,23). The number of benzene rings is 1. The number of nitrogens with zero attached hydrogens (tertiary/aromatic N) is 4. The summed E-state index contributed by atoms with van der Waals surface area (Å²) in [6.07, 6.45) is 5.20. The minimum absolute atomic E-state index is 0.215. The van der Waals surface area contributed by atoms with E-state index in [9.17, 15) is 4.79 Å². The minimum atomic E-state index is 0.215. The number of hydrogen-bond donors (Lipinski definition) is 2. The van der Waals surface area contributed by atoms with Crippen molar-refractivity contribution in [3.8, 4) is 5.69 Å². The van der Waals surface area contributed by atoms with Crippen LogP contribution in [0.3, 0.4) is 0 Å². The second-order valence-electron chi connectivity index (χ2n) is 6.37. The van der Waals surface area contributed by atoms with Crippen LogP contribution in [-0.2, 0) is 11.3 Å². The highest BCUT2D eigenvalue weighted by Crippen LogP contribution is 2.11. The lowest BCUT2D eigenvalue weighted by Gasteiger charge is -2.19. The number of likely N-dealkylation sites (tertiary alicyclic amines) is 1. The first-order valence-electron chi connectivity index (χ1n) is 9.03. The van der Waals surface area contributed by atoms with Crippen molar-refractivity contribution >= 4 is 11.9 Å². The van der Waals surface area contributed by atoms with E-state index in [4.69, 9.17) is 0 Å². The Bertz CT molecular complexity index is 755. The molecule has 0 bridgehead atoms. The summed E-state index contributed by atoms with van der Waals surface area (Å²) in [7, 11) is 1.76. The van der Waals surface area contributed by atoms with E-state index in [0.717, 1.165) is 36.7 Å². The fourth-order valence-corrected chi connectivity index (χ4v) is 3.13. The SMILES string of the molecule is CCC(=O)N1CCC(NC(=NC)NCc2cccc(-n3cccn3)c2)C1. The van der Waals surface area contributed by atoms with Crippen LogP contribution in [-0.4, -0.2) is 52.7 Å². The summed E-state index contributed by atoms with van der Waals surface area (Å²) in [5.74, 6) is 0.970. The molecule has 7 heteroatoms. The lowest BCUT2D eigenvalue weighted by molar-refractivity contribution is -0.129. The molecule has 1 saturated heterocycles. The first-order chi connectivity index (χ1) is 12.7. The summed E-state index contributed by atoms with van der Waals surface area (Å²) in [5, 5.41) is 11.0. The van der Waals surface area contributed by atoms with E-state index < -0.39 is 0 Å². The fourth-order valence-electron chi connectivity index (χ4n) is 3.13. The maximum atomic E-state index is 11.8. The van der Waals surface area contributed by atoms with E-state index >= 15 is 0 Å². The number of amides is 1. The van der Waals surface area contributed by atoms with Crippen molar-refractivity contribution < 1.29 is 4.79 Å². The summed E-state index contributed by atoms with van der Waals surface area (Å²) in [5.41, 5.74) is 2.18. The smallest absolute Gasteiger partial charge is 0.222 e. The molecule has 3 rings (SSSR count). The molecule has 0 spiro atoms. The molecule has 1 aromatic carbocycles. The van der Waals surface area contributed by atoms with E-state index in [2.05, 4.69) is 32.9 Å². The highest BCUT2D eigenvalue weighted by molar-refractivity contribution is 5.80. The molecule has 2 heterocycles. The van der Waals surface area contributed by atoms with E-state index in [0.29, 0.717) is 13.0 Å². The number of hydrogen-bond acceptors (Lipinski definition) is 3. The molecule has 2 N–H and O–H groups in total. The predicted octanol–water partition coefficient (Wildman–Crippen LogP) is 1.55. The zero-order chi connectivity index (χ0) is 18.4. The Morgan fingerprint density at radius 3 is 3.00 bits per heavy atom. The Morgan fingerprint density at radius 1 is 1.38 bits per heavy atom. The third-order valence-electron chi connectivity index (χ3n) is 4.55. The Morgan fingerprint density at radius 2 is 2.27 bits per heavy atom. The number of aliphatic imine (C=N–C) groups is 1. The van der Waals surface area contributed by atoms with Crippen molar-refractivity contribution in [3.63, 3.8) is 0 Å². The molecule has 0 aliphatic carbocycles. The summed E-state index contributed by atoms with van der Waals surface area (Å²) in [6.45, 7) is 4.12. The molecule has 0 saturated carbocycles. The van der Waals surface area contributed by atoms with Crippen LogP contribution in [0.1, 0.15) is 25.3 Å². The quantitative estimate of drug-likeness (QED) is 0.631. The van der Waals surface area contributed by atoms with Gasteiger partial charge in [0, 0.05) is 51.5 Å². The monoisotopic (exact) mass is 354 g/mol. The maximum absolute atomic E-state index is 11.8. The molecule has 138 valence electrons. The average molecular weight is 354 g/mol. The summed E-state index contributed by atoms with van der Waals surface area (Å²) in [4.78, 5) is 18.0. The number of carbonyl (C=O) groups is 1. The Kier molecular flexibility index (Phi) is 5.88. The third-order valence-corrected chi connectivity index (χ3v) is 4.55. The second-order valence-corrected chi connectivity index (χ2v) is 6.37. The summed E-state index contributed by atoms with van der Waals surface area (Å²) >= 11 is 0. The van der Waals surface area contributed by atoms with Crippen LogP contribution in [0.2, 0.25) is 0 Å². The molecular weight excluding hydrogens is 328 g/mol. The first kappa shape index (κ1) is 18.0. The zero-order valence-corrected chi connectivity index (χ0v) is 15.4. The van der Waals surface area contributed by atoms with Crippen LogP contribution in [0.25, 0.3) is 5.69 Å². The molecule has 1 aromatic heterocycles. The van der Waals surface area contributed by atoms with Gasteiger partial charge in [-0.15, -0.1) is 0 Å². The fraction of sp³-hybridized carbons (Fsp3) is 0.421. The topological polar surface area (TPSA) is 74.6 Å². The lowest BCUT2D eigenvalue weighted by atomic mass is 10.2. The molecule has 1 aliphatic rings. The molecule has 1 aliphatic heterocycles. The van der Waals surface area contributed by atoms with Crippen LogP contribution in [0, 0.1) is 0 Å². The normalized spacial score (nSPS) is 17.4. The maximum Gasteiger partial charge on any atom is 0.222 e. The van der Waals surface area contributed by atoms with Gasteiger partial charge in [0.1, 0.15) is 0 Å². The number of guanidine groups is 1. The highest BCUT2D eigenvalue weighted by atomic mass is 16.2. The van der Waals surface area contributed by atoms with Gasteiger partial charge in [-0.2, -0.15) is 5.10 Å². The number of rotatable bonds is 5. The highest BCUT2D eigenvalue weighted by Gasteiger charge is 2.25. The summed E-state index contributed by atoms with van der Waals surface area (Å²) < 4.78 is 1.84. The molecule has 26 heavy (non-hydrogen) atoms. The second kappa shape index (κ2) is 8.51. The van der Waals surface area contributed by atoms with Crippen LogP contribution in [0.5, 0.6) is 0 Å². The van der Waals surface area contributed by atoms with Crippen molar-refractivity contribution in [2.75, 3.05) is 20.1 Å². The van der Waals surface area contributed by atoms with Crippen molar-refractivity contribution in [2.45, 2.75) is 32.4 Å². The minimum Gasteiger partial charge on any atom is -0.352 e. The van der Waals surface area contributed by atoms with Crippen LogP contribution in [0.15, 0.2) is 47.7 Å². The van der Waals surface area contributed by atoms with Crippen molar-refractivity contribution in [1.82, 2.24) is 25.3 Å². The Balaban J connectivity index is 1.54. The number of aromatic nitrogens is 2. The van der Waals surface area contributed by atoms with Gasteiger partial charge in [-0.1, -0.05) is 19.1 Å². The van der Waals surface area contributed by atoms with Crippen molar-refractivity contribution in [3.05, 3.63) is 48.3 Å². The Hall–Kier alpha value is -2.83. The van der Waals surface area contributed by atoms with Gasteiger partial charge in [0.05, 0.1) is 5.69 Å². The van der Waals surface area contributed by atoms with Gasteiger partial charge in [-0.25, -0.2) is 4.68 Å². The molecule has 2 aromatic rings. The van der Waals surface area contributed by atoms with Gasteiger partial charge in [-0.05, 0) is 30.2 Å². The largest absolute Gasteiger partial charge is 0.352 e. The van der Waals surface area contributed by atoms with Gasteiger partial charge >= 0.3 is 0 Å². The lowest BCUT2D eigenvalue weighted by Crippen LogP contribution is -2.44. The molecule has 7 nitrogen and oxygen atoms in total. The molecule has 1 amide bonds. The summed E-state index contributed by atoms with van der Waals surface area (Å²) in [6, 6.07) is 10.4. The van der Waals surface area contributed by atoms with E-state index in [1.807, 2.05) is 40.9 Å². The van der Waals surface area contributed by atoms with E-state index in [1.54, 1.807) is 13.2 Å². The van der Waals surface area contributed by atoms with E-state index in [1.165, 1.54) is 0 Å². The van der Waals surface area contributed by atoms with Gasteiger partial charge in [0.15, 0.2) is 5.96 Å². The number of carbonyl (C=O) groups excluding carboxylic acids is 1. The van der Waals surface area contributed by atoms with Gasteiger partial charge in [0.2, 0.25) is 5.91 Å². The van der Waals surface area contributed by atoms with Crippen LogP contribution in [0.4, 0.5) is 0 Å². The van der Waals surface area contributed by atoms with Crippen LogP contribution >= 0.6 is 0 Å².